The minimum absolute atomic E-state index is 0.454. The van der Waals surface area contributed by atoms with Crippen LogP contribution in [0.2, 0.25) is 0 Å². The van der Waals surface area contributed by atoms with Gasteiger partial charge in [0.15, 0.2) is 6.20 Å². The van der Waals surface area contributed by atoms with Gasteiger partial charge in [0.05, 0.1) is 0 Å². The molecule has 0 saturated carbocycles. The van der Waals surface area contributed by atoms with E-state index in [1.54, 1.807) is 24.7 Å². The van der Waals surface area contributed by atoms with Crippen molar-refractivity contribution < 1.29 is 14.5 Å². The number of furan rings is 1. The van der Waals surface area contributed by atoms with Gasteiger partial charge in [-0.05, 0) is 42.6 Å². The smallest absolute Gasteiger partial charge is 0.212 e. The first-order valence-corrected chi connectivity index (χ1v) is 7.87. The normalized spacial score (nSPS) is 17.1. The fraction of sp³-hybridized carbons (Fsp3) is 0.238. The molecule has 0 aliphatic rings. The Morgan fingerprint density at radius 2 is 2.08 bits per heavy atom. The van der Waals surface area contributed by atoms with Crippen molar-refractivity contribution >= 4 is 21.9 Å². The number of benzene rings is 1. The van der Waals surface area contributed by atoms with Crippen LogP contribution in [-0.4, -0.2) is 4.98 Å². The summed E-state index contributed by atoms with van der Waals surface area (Å²) in [5.41, 5.74) is 5.06. The third-order valence-corrected chi connectivity index (χ3v) is 4.46. The van der Waals surface area contributed by atoms with Crippen molar-refractivity contribution in [2.75, 3.05) is 0 Å². The molecule has 0 N–H and O–H groups in total. The molecule has 3 nitrogen and oxygen atoms in total. The largest absolute Gasteiger partial charge is 0.456 e. The molecule has 1 aromatic carbocycles. The number of aryl methyl sites for hydroxylation is 2. The maximum absolute atomic E-state index is 8.31. The van der Waals surface area contributed by atoms with E-state index >= 15 is 0 Å². The van der Waals surface area contributed by atoms with Gasteiger partial charge in [0.2, 0.25) is 5.69 Å². The second-order valence-electron chi connectivity index (χ2n) is 6.18. The molecule has 3 heteroatoms. The third kappa shape index (κ3) is 2.28. The zero-order chi connectivity index (χ0) is 20.3. The molecule has 0 radical (unpaired) electrons. The lowest BCUT2D eigenvalue weighted by molar-refractivity contribution is -0.660. The van der Waals surface area contributed by atoms with Gasteiger partial charge in [-0.3, -0.25) is 4.98 Å². The number of rotatable bonds is 2. The number of pyridine rings is 2. The lowest BCUT2D eigenvalue weighted by Gasteiger charge is -2.08. The zero-order valence-electron chi connectivity index (χ0n) is 17.9. The fourth-order valence-electron chi connectivity index (χ4n) is 3.15. The summed E-state index contributed by atoms with van der Waals surface area (Å²) in [5.74, 6) is -1.67. The standard InChI is InChI=1S/C21H21N2O/c1-13(2)15-5-6-19(23(4)12-15)16-10-17-18-11-22-8-7-20(18)24-21(17)9-14(16)3/h5-13H,1-4H3/q+1/i1D3,13D. The van der Waals surface area contributed by atoms with Gasteiger partial charge in [0.25, 0.3) is 0 Å². The Kier molecular flexibility index (Phi) is 2.49. The van der Waals surface area contributed by atoms with Crippen LogP contribution < -0.4 is 4.57 Å². The minimum Gasteiger partial charge on any atom is -0.456 e. The number of nitrogens with zero attached hydrogens (tertiary/aromatic N) is 2. The summed E-state index contributed by atoms with van der Waals surface area (Å²) in [6.45, 7) is 1.04. The average molecular weight is 321 g/mol. The van der Waals surface area contributed by atoms with Crippen LogP contribution in [0.1, 0.15) is 36.3 Å². The highest BCUT2D eigenvalue weighted by Gasteiger charge is 2.17. The molecule has 0 spiro atoms. The van der Waals surface area contributed by atoms with Crippen LogP contribution in [-0.2, 0) is 7.05 Å². The minimum atomic E-state index is -2.40. The first-order chi connectivity index (χ1) is 13.1. The van der Waals surface area contributed by atoms with E-state index in [4.69, 9.17) is 9.90 Å². The van der Waals surface area contributed by atoms with Crippen LogP contribution in [0.3, 0.4) is 0 Å². The highest BCUT2D eigenvalue weighted by atomic mass is 16.3. The van der Waals surface area contributed by atoms with Crippen LogP contribution in [0, 0.1) is 6.92 Å². The van der Waals surface area contributed by atoms with Gasteiger partial charge >= 0.3 is 0 Å². The number of aromatic nitrogens is 2. The van der Waals surface area contributed by atoms with Crippen LogP contribution in [0.5, 0.6) is 0 Å². The van der Waals surface area contributed by atoms with Crippen molar-refractivity contribution in [3.05, 3.63) is 60.0 Å². The molecule has 0 bridgehead atoms. The highest BCUT2D eigenvalue weighted by Crippen LogP contribution is 2.33. The molecule has 1 unspecified atom stereocenters. The third-order valence-electron chi connectivity index (χ3n) is 4.46. The van der Waals surface area contributed by atoms with E-state index < -0.39 is 12.7 Å². The Labute approximate surface area is 147 Å². The van der Waals surface area contributed by atoms with Gasteiger partial charge in [-0.1, -0.05) is 13.8 Å². The Bertz CT molecular complexity index is 1210. The molecule has 3 heterocycles. The van der Waals surface area contributed by atoms with Crippen molar-refractivity contribution in [2.24, 2.45) is 7.05 Å². The molecular weight excluding hydrogens is 296 g/mol. The molecule has 4 aromatic rings. The Hall–Kier alpha value is -2.68. The summed E-state index contributed by atoms with van der Waals surface area (Å²) >= 11 is 0. The van der Waals surface area contributed by atoms with Crippen molar-refractivity contribution in [3.63, 3.8) is 0 Å². The van der Waals surface area contributed by atoms with Gasteiger partial charge in [-0.2, -0.15) is 0 Å². The van der Waals surface area contributed by atoms with Crippen molar-refractivity contribution in [2.45, 2.75) is 26.6 Å². The molecule has 0 aliphatic carbocycles. The SMILES string of the molecule is [2H]C([2H])([2H])C([2H])(C)c1ccc(-c2cc3c(cc2C)oc2ccncc23)[n+](C)c1. The zero-order valence-corrected chi connectivity index (χ0v) is 13.9. The summed E-state index contributed by atoms with van der Waals surface area (Å²) < 4.78 is 39.1. The highest BCUT2D eigenvalue weighted by molar-refractivity contribution is 6.06. The summed E-state index contributed by atoms with van der Waals surface area (Å²) in [7, 11) is 1.87. The molecule has 4 rings (SSSR count). The maximum atomic E-state index is 8.31. The van der Waals surface area contributed by atoms with Gasteiger partial charge < -0.3 is 4.42 Å². The quantitative estimate of drug-likeness (QED) is 0.491. The average Bonchev–Trinajstić information content (AvgIpc) is 2.97. The monoisotopic (exact) mass is 321 g/mol. The lowest BCUT2D eigenvalue weighted by atomic mass is 9.99. The van der Waals surface area contributed by atoms with E-state index in [0.29, 0.717) is 5.56 Å². The van der Waals surface area contributed by atoms with Crippen LogP contribution in [0.25, 0.3) is 33.2 Å². The van der Waals surface area contributed by atoms with Crippen molar-refractivity contribution in [3.8, 4) is 11.3 Å². The number of hydrogen-bond acceptors (Lipinski definition) is 2. The van der Waals surface area contributed by atoms with E-state index in [1.165, 1.54) is 6.92 Å². The summed E-state index contributed by atoms with van der Waals surface area (Å²) in [6, 6.07) is 9.55. The Morgan fingerprint density at radius 1 is 1.21 bits per heavy atom. The second-order valence-corrected chi connectivity index (χ2v) is 6.18. The van der Waals surface area contributed by atoms with Gasteiger partial charge in [0.1, 0.15) is 18.2 Å². The lowest BCUT2D eigenvalue weighted by Crippen LogP contribution is -2.31. The van der Waals surface area contributed by atoms with Crippen LogP contribution in [0.4, 0.5) is 0 Å². The van der Waals surface area contributed by atoms with Gasteiger partial charge in [-0.25, -0.2) is 4.57 Å². The molecule has 1 atom stereocenters. The molecule has 0 saturated heterocycles. The van der Waals surface area contributed by atoms with Crippen molar-refractivity contribution in [1.82, 2.24) is 4.98 Å². The molecule has 0 amide bonds. The number of fused-ring (bicyclic) bond motifs is 3. The van der Waals surface area contributed by atoms with E-state index in [0.717, 1.165) is 38.8 Å². The van der Waals surface area contributed by atoms with E-state index in [9.17, 15) is 0 Å². The van der Waals surface area contributed by atoms with Gasteiger partial charge in [0, 0.05) is 45.8 Å². The first kappa shape index (κ1) is 11.0. The molecule has 0 fully saturated rings. The fourth-order valence-corrected chi connectivity index (χ4v) is 3.15. The summed E-state index contributed by atoms with van der Waals surface area (Å²) in [4.78, 5) is 4.20. The maximum Gasteiger partial charge on any atom is 0.212 e. The number of hydrogen-bond donors (Lipinski definition) is 0. The summed E-state index contributed by atoms with van der Waals surface area (Å²) in [5, 5.41) is 1.94. The molecule has 3 aromatic heterocycles. The van der Waals surface area contributed by atoms with E-state index in [2.05, 4.69) is 11.1 Å². The topological polar surface area (TPSA) is 29.9 Å². The van der Waals surface area contributed by atoms with Crippen LogP contribution >= 0.6 is 0 Å². The first-order valence-electron chi connectivity index (χ1n) is 9.87. The molecular formula is C21H21N2O+. The van der Waals surface area contributed by atoms with E-state index in [1.807, 2.05) is 36.7 Å². The molecule has 24 heavy (non-hydrogen) atoms. The van der Waals surface area contributed by atoms with Gasteiger partial charge in [-0.15, -0.1) is 0 Å². The summed E-state index contributed by atoms with van der Waals surface area (Å²) in [6.07, 6.45) is 5.23. The predicted octanol–water partition coefficient (Wildman–Crippen LogP) is 4.90. The molecule has 120 valence electrons. The molecule has 0 aliphatic heterocycles. The Balaban J connectivity index is 1.88. The second kappa shape index (κ2) is 5.45. The van der Waals surface area contributed by atoms with Crippen molar-refractivity contribution in [1.29, 1.82) is 0 Å². The van der Waals surface area contributed by atoms with Crippen LogP contribution in [0.15, 0.2) is 53.3 Å². The van der Waals surface area contributed by atoms with E-state index in [-0.39, 0.29) is 0 Å². The predicted molar refractivity (Wildman–Crippen MR) is 97.0 cm³/mol. The Morgan fingerprint density at radius 3 is 2.88 bits per heavy atom.